The first-order valence-electron chi connectivity index (χ1n) is 10.4. The Bertz CT molecular complexity index is 1190. The molecule has 9 nitrogen and oxygen atoms in total. The van der Waals surface area contributed by atoms with Gasteiger partial charge in [0.2, 0.25) is 10.0 Å². The highest BCUT2D eigenvalue weighted by molar-refractivity contribution is 7.89. The normalized spacial score (nSPS) is 20.4. The number of benzene rings is 1. The third kappa shape index (κ3) is 4.27. The fourth-order valence-electron chi connectivity index (χ4n) is 4.46. The third-order valence-electron chi connectivity index (χ3n) is 6.12. The van der Waals surface area contributed by atoms with Crippen molar-refractivity contribution in [2.45, 2.75) is 42.7 Å². The lowest BCUT2D eigenvalue weighted by molar-refractivity contribution is 0.0584. The number of piperidine rings is 2. The summed E-state index contributed by atoms with van der Waals surface area (Å²) < 4.78 is 38.6. The summed E-state index contributed by atoms with van der Waals surface area (Å²) in [4.78, 5) is 20.7. The number of aromatic amines is 1. The molecule has 0 radical (unpaired) electrons. The Labute approximate surface area is 183 Å². The SMILES string of the molecule is O=c1[nH]c2cc(S(=O)(=O)N3CCC(N4CCC(Oc5nccs5)CC4)CC3)ccc2o1. The molecular formula is C20H24N4O5S2. The fraction of sp³-hybridized carbons (Fsp3) is 0.500. The molecule has 1 N–H and O–H groups in total. The molecule has 0 aliphatic carbocycles. The van der Waals surface area contributed by atoms with Crippen molar-refractivity contribution < 1.29 is 17.6 Å². The highest BCUT2D eigenvalue weighted by Gasteiger charge is 2.33. The predicted octanol–water partition coefficient (Wildman–Crippen LogP) is 2.27. The molecule has 166 valence electrons. The van der Waals surface area contributed by atoms with E-state index >= 15 is 0 Å². The molecule has 31 heavy (non-hydrogen) atoms. The molecule has 0 atom stereocenters. The fourth-order valence-corrected chi connectivity index (χ4v) is 6.51. The number of fused-ring (bicyclic) bond motifs is 1. The van der Waals surface area contributed by atoms with Gasteiger partial charge >= 0.3 is 5.76 Å². The van der Waals surface area contributed by atoms with Gasteiger partial charge in [0.1, 0.15) is 6.10 Å². The maximum absolute atomic E-state index is 13.1. The van der Waals surface area contributed by atoms with Crippen molar-refractivity contribution in [2.75, 3.05) is 26.2 Å². The number of nitrogens with one attached hydrogen (secondary N) is 1. The van der Waals surface area contributed by atoms with E-state index in [9.17, 15) is 13.2 Å². The zero-order valence-corrected chi connectivity index (χ0v) is 18.5. The second-order valence-corrected chi connectivity index (χ2v) is 10.8. The number of nitrogens with zero attached hydrogens (tertiary/aromatic N) is 3. The van der Waals surface area contributed by atoms with Gasteiger partial charge in [-0.2, -0.15) is 4.31 Å². The van der Waals surface area contributed by atoms with Crippen molar-refractivity contribution >= 4 is 32.5 Å². The van der Waals surface area contributed by atoms with Crippen LogP contribution in [0.2, 0.25) is 0 Å². The molecule has 11 heteroatoms. The number of H-pyrrole nitrogens is 1. The Hall–Kier alpha value is -2.21. The number of sulfonamides is 1. The average Bonchev–Trinajstić information content (AvgIpc) is 3.42. The first kappa shape index (κ1) is 20.7. The molecule has 2 fully saturated rings. The molecule has 3 aromatic rings. The molecule has 5 rings (SSSR count). The number of likely N-dealkylation sites (tertiary alicyclic amines) is 1. The molecule has 0 spiro atoms. The zero-order valence-electron chi connectivity index (χ0n) is 16.9. The summed E-state index contributed by atoms with van der Waals surface area (Å²) in [5.74, 6) is -0.591. The van der Waals surface area contributed by atoms with Crippen LogP contribution in [0.1, 0.15) is 25.7 Å². The topological polar surface area (TPSA) is 109 Å². The van der Waals surface area contributed by atoms with E-state index < -0.39 is 15.8 Å². The second-order valence-electron chi connectivity index (χ2n) is 7.96. The van der Waals surface area contributed by atoms with Crippen LogP contribution in [0.25, 0.3) is 11.1 Å². The van der Waals surface area contributed by atoms with Crippen LogP contribution in [0.4, 0.5) is 0 Å². The minimum absolute atomic E-state index is 0.177. The van der Waals surface area contributed by atoms with E-state index in [0.29, 0.717) is 30.2 Å². The molecule has 0 amide bonds. The molecule has 2 aliphatic heterocycles. The van der Waals surface area contributed by atoms with Crippen molar-refractivity contribution in [3.05, 3.63) is 40.3 Å². The monoisotopic (exact) mass is 464 g/mol. The zero-order chi connectivity index (χ0) is 21.4. The van der Waals surface area contributed by atoms with Gasteiger partial charge in [0.25, 0.3) is 5.19 Å². The van der Waals surface area contributed by atoms with Crippen LogP contribution >= 0.6 is 11.3 Å². The van der Waals surface area contributed by atoms with Gasteiger partial charge in [0, 0.05) is 43.8 Å². The van der Waals surface area contributed by atoms with E-state index in [-0.39, 0.29) is 11.0 Å². The number of ether oxygens (including phenoxy) is 1. The first-order valence-corrected chi connectivity index (χ1v) is 12.7. The maximum Gasteiger partial charge on any atom is 0.417 e. The summed E-state index contributed by atoms with van der Waals surface area (Å²) in [5.41, 5.74) is 0.744. The lowest BCUT2D eigenvalue weighted by Gasteiger charge is -2.41. The van der Waals surface area contributed by atoms with Crippen molar-refractivity contribution in [1.82, 2.24) is 19.2 Å². The molecule has 2 aromatic heterocycles. The van der Waals surface area contributed by atoms with E-state index in [0.717, 1.165) is 44.0 Å². The number of aromatic nitrogens is 2. The van der Waals surface area contributed by atoms with Crippen LogP contribution in [0.5, 0.6) is 5.19 Å². The van der Waals surface area contributed by atoms with Crippen LogP contribution in [-0.2, 0) is 10.0 Å². The summed E-state index contributed by atoms with van der Waals surface area (Å²) in [6.07, 6.45) is 5.49. The molecular weight excluding hydrogens is 440 g/mol. The van der Waals surface area contributed by atoms with Gasteiger partial charge in [-0.3, -0.25) is 4.98 Å². The maximum atomic E-state index is 13.1. The van der Waals surface area contributed by atoms with Crippen molar-refractivity contribution in [1.29, 1.82) is 0 Å². The Morgan fingerprint density at radius 2 is 1.90 bits per heavy atom. The van der Waals surface area contributed by atoms with Gasteiger partial charge in [-0.1, -0.05) is 11.3 Å². The van der Waals surface area contributed by atoms with Gasteiger partial charge in [-0.25, -0.2) is 18.2 Å². The third-order valence-corrected chi connectivity index (χ3v) is 8.68. The summed E-state index contributed by atoms with van der Waals surface area (Å²) >= 11 is 1.52. The highest BCUT2D eigenvalue weighted by Crippen LogP contribution is 2.27. The van der Waals surface area contributed by atoms with Crippen LogP contribution in [-0.4, -0.2) is 65.9 Å². The number of hydrogen-bond acceptors (Lipinski definition) is 8. The van der Waals surface area contributed by atoms with Crippen LogP contribution in [0, 0.1) is 0 Å². The number of oxazole rings is 1. The van der Waals surface area contributed by atoms with Gasteiger partial charge in [0.05, 0.1) is 10.4 Å². The van der Waals surface area contributed by atoms with Crippen LogP contribution in [0.15, 0.2) is 43.9 Å². The number of rotatable bonds is 5. The Morgan fingerprint density at radius 3 is 2.61 bits per heavy atom. The minimum atomic E-state index is -3.61. The van der Waals surface area contributed by atoms with E-state index in [1.54, 1.807) is 10.5 Å². The van der Waals surface area contributed by atoms with Crippen LogP contribution < -0.4 is 10.5 Å². The molecule has 2 saturated heterocycles. The lowest BCUT2D eigenvalue weighted by atomic mass is 10.00. The molecule has 0 bridgehead atoms. The molecule has 1 aromatic carbocycles. The highest BCUT2D eigenvalue weighted by atomic mass is 32.2. The van der Waals surface area contributed by atoms with Crippen molar-refractivity contribution in [2.24, 2.45) is 0 Å². The van der Waals surface area contributed by atoms with E-state index in [1.807, 2.05) is 5.38 Å². The molecule has 2 aliphatic rings. The minimum Gasteiger partial charge on any atom is -0.467 e. The van der Waals surface area contributed by atoms with Gasteiger partial charge in [0.15, 0.2) is 5.58 Å². The van der Waals surface area contributed by atoms with Gasteiger partial charge in [-0.15, -0.1) is 0 Å². The Balaban J connectivity index is 1.17. The molecule has 4 heterocycles. The van der Waals surface area contributed by atoms with Crippen molar-refractivity contribution in [3.63, 3.8) is 0 Å². The standard InChI is InChI=1S/C20H24N4O5S2/c25-19-22-17-13-16(1-2-18(17)29-19)31(26,27)24-10-3-14(4-11-24)23-8-5-15(6-9-23)28-20-21-7-12-30-20/h1-2,7,12-15H,3-6,8-11H2,(H,22,25). The van der Waals surface area contributed by atoms with Gasteiger partial charge in [-0.05, 0) is 43.9 Å². The van der Waals surface area contributed by atoms with E-state index in [4.69, 9.17) is 9.15 Å². The van der Waals surface area contributed by atoms with Gasteiger partial charge < -0.3 is 14.1 Å². The Kier molecular flexibility index (Phi) is 5.59. The largest absolute Gasteiger partial charge is 0.467 e. The smallest absolute Gasteiger partial charge is 0.417 e. The van der Waals surface area contributed by atoms with E-state index in [1.165, 1.54) is 29.5 Å². The van der Waals surface area contributed by atoms with E-state index in [2.05, 4.69) is 14.9 Å². The first-order chi connectivity index (χ1) is 15.0. The van der Waals surface area contributed by atoms with Crippen molar-refractivity contribution in [3.8, 4) is 5.19 Å². The number of thiazole rings is 1. The summed E-state index contributed by atoms with van der Waals surface area (Å²) in [5, 5.41) is 2.65. The molecule has 0 saturated carbocycles. The summed E-state index contributed by atoms with van der Waals surface area (Å²) in [6.45, 7) is 2.89. The van der Waals surface area contributed by atoms with Crippen LogP contribution in [0.3, 0.4) is 0 Å². The molecule has 0 unspecified atom stereocenters. The quantitative estimate of drug-likeness (QED) is 0.617. The second kappa shape index (κ2) is 8.38. The predicted molar refractivity (Wildman–Crippen MR) is 116 cm³/mol. The lowest BCUT2D eigenvalue weighted by Crippen LogP contribution is -2.50. The summed E-state index contributed by atoms with van der Waals surface area (Å²) in [6, 6.07) is 4.87. The average molecular weight is 465 g/mol. The Morgan fingerprint density at radius 1 is 1.13 bits per heavy atom. The number of hydrogen-bond donors (Lipinski definition) is 1. The summed E-state index contributed by atoms with van der Waals surface area (Å²) in [7, 11) is -3.61.